The molecule has 0 spiro atoms. The van der Waals surface area contributed by atoms with Crippen LogP contribution in [0.4, 0.5) is 0 Å². The molecule has 76 valence electrons. The number of nitrogens with one attached hydrogen (secondary N) is 2. The van der Waals surface area contributed by atoms with E-state index in [0.717, 1.165) is 11.4 Å². The van der Waals surface area contributed by atoms with Crippen molar-refractivity contribution in [1.82, 2.24) is 10.6 Å². The van der Waals surface area contributed by atoms with Crippen molar-refractivity contribution in [2.75, 3.05) is 13.2 Å². The molecule has 0 aromatic carbocycles. The predicted octanol–water partition coefficient (Wildman–Crippen LogP) is 0.267. The number of aliphatic imine (C=N–C) groups is 2. The summed E-state index contributed by atoms with van der Waals surface area (Å²) in [7, 11) is 0. The van der Waals surface area contributed by atoms with Gasteiger partial charge in [-0.15, -0.1) is 6.42 Å². The molecule has 0 amide bonds. The average molecular weight is 200 g/mol. The highest BCUT2D eigenvalue weighted by Gasteiger charge is 2.15. The Morgan fingerprint density at radius 2 is 2.40 bits per heavy atom. The van der Waals surface area contributed by atoms with E-state index >= 15 is 0 Å². The van der Waals surface area contributed by atoms with E-state index in [0.29, 0.717) is 13.2 Å². The first kappa shape index (κ1) is 9.53. The van der Waals surface area contributed by atoms with Crippen LogP contribution < -0.4 is 10.6 Å². The fourth-order valence-electron chi connectivity index (χ4n) is 1.48. The normalized spacial score (nSPS) is 26.2. The van der Waals surface area contributed by atoms with Gasteiger partial charge in [-0.25, -0.2) is 0 Å². The summed E-state index contributed by atoms with van der Waals surface area (Å²) in [6.07, 6.45) is 12.7. The van der Waals surface area contributed by atoms with Gasteiger partial charge < -0.3 is 10.6 Å². The van der Waals surface area contributed by atoms with E-state index in [-0.39, 0.29) is 5.92 Å². The Balaban J connectivity index is 2.36. The molecule has 4 heteroatoms. The molecule has 2 heterocycles. The van der Waals surface area contributed by atoms with Crippen molar-refractivity contribution in [2.24, 2.45) is 15.9 Å². The van der Waals surface area contributed by atoms with Crippen LogP contribution in [0.3, 0.4) is 0 Å². The molecule has 2 aliphatic heterocycles. The molecule has 0 radical (unpaired) electrons. The average Bonchev–Trinajstić information content (AvgIpc) is 2.38. The number of terminal acetylenes is 1. The topological polar surface area (TPSA) is 48.8 Å². The number of hydrogen-bond donors (Lipinski definition) is 2. The van der Waals surface area contributed by atoms with Gasteiger partial charge in [0.2, 0.25) is 0 Å². The minimum absolute atomic E-state index is 0.0840. The Bertz CT molecular complexity index is 395. The zero-order valence-electron chi connectivity index (χ0n) is 8.27. The standard InChI is InChI=1S/C11H12N4/c1-2-9-3-4-12-5-6-14-11-10(9)7-13-8-15-11/h1,3-5,7,9,14-15H,6,8H2/b4-3-,12-5?. The smallest absolute Gasteiger partial charge is 0.108 e. The third-order valence-corrected chi connectivity index (χ3v) is 2.22. The summed E-state index contributed by atoms with van der Waals surface area (Å²) in [6, 6.07) is 0. The second-order valence-electron chi connectivity index (χ2n) is 3.18. The van der Waals surface area contributed by atoms with Crippen molar-refractivity contribution in [1.29, 1.82) is 0 Å². The minimum atomic E-state index is -0.0840. The first-order valence-corrected chi connectivity index (χ1v) is 4.78. The third kappa shape index (κ3) is 2.08. The van der Waals surface area contributed by atoms with Crippen molar-refractivity contribution in [3.05, 3.63) is 23.7 Å². The van der Waals surface area contributed by atoms with Crippen LogP contribution in [0.15, 0.2) is 33.7 Å². The summed E-state index contributed by atoms with van der Waals surface area (Å²) in [4.78, 5) is 8.24. The van der Waals surface area contributed by atoms with Gasteiger partial charge in [-0.2, -0.15) is 0 Å². The fourth-order valence-corrected chi connectivity index (χ4v) is 1.48. The lowest BCUT2D eigenvalue weighted by Gasteiger charge is -2.19. The lowest BCUT2D eigenvalue weighted by atomic mass is 10.00. The molecule has 0 saturated heterocycles. The second kappa shape index (κ2) is 4.47. The molecule has 1 unspecified atom stereocenters. The maximum absolute atomic E-state index is 5.48. The minimum Gasteiger partial charge on any atom is -0.367 e. The summed E-state index contributed by atoms with van der Waals surface area (Å²) >= 11 is 0. The quantitative estimate of drug-likeness (QED) is 0.551. The van der Waals surface area contributed by atoms with Gasteiger partial charge in [-0.05, 0) is 6.08 Å². The summed E-state index contributed by atoms with van der Waals surface area (Å²) in [5.74, 6) is 3.57. The third-order valence-electron chi connectivity index (χ3n) is 2.22. The van der Waals surface area contributed by atoms with Gasteiger partial charge in [-0.1, -0.05) is 5.92 Å². The van der Waals surface area contributed by atoms with E-state index < -0.39 is 0 Å². The highest BCUT2D eigenvalue weighted by atomic mass is 15.1. The van der Waals surface area contributed by atoms with Gasteiger partial charge in [-0.3, -0.25) is 9.98 Å². The van der Waals surface area contributed by atoms with Gasteiger partial charge in [0.15, 0.2) is 0 Å². The lowest BCUT2D eigenvalue weighted by molar-refractivity contribution is 0.706. The van der Waals surface area contributed by atoms with Crippen LogP contribution in [0.5, 0.6) is 0 Å². The SMILES string of the molecule is C#CC1/C=C\N=CCNC2=C1C=NCN2. The van der Waals surface area contributed by atoms with Gasteiger partial charge in [0.25, 0.3) is 0 Å². The molecule has 2 aliphatic rings. The van der Waals surface area contributed by atoms with Crippen molar-refractivity contribution in [3.63, 3.8) is 0 Å². The molecule has 0 bridgehead atoms. The molecular formula is C11H12N4. The second-order valence-corrected chi connectivity index (χ2v) is 3.18. The summed E-state index contributed by atoms with van der Waals surface area (Å²) in [5, 5.41) is 6.38. The van der Waals surface area contributed by atoms with Crippen LogP contribution in [-0.2, 0) is 0 Å². The zero-order valence-corrected chi connectivity index (χ0v) is 8.27. The van der Waals surface area contributed by atoms with E-state index in [2.05, 4.69) is 26.5 Å². The van der Waals surface area contributed by atoms with E-state index in [1.54, 1.807) is 12.4 Å². The highest BCUT2D eigenvalue weighted by molar-refractivity contribution is 5.82. The van der Waals surface area contributed by atoms with Crippen LogP contribution in [-0.4, -0.2) is 25.6 Å². The maximum atomic E-state index is 5.48. The molecule has 0 aromatic rings. The lowest BCUT2D eigenvalue weighted by Crippen LogP contribution is -2.33. The first-order valence-electron chi connectivity index (χ1n) is 4.78. The molecule has 0 aromatic heterocycles. The number of rotatable bonds is 0. The predicted molar refractivity (Wildman–Crippen MR) is 61.5 cm³/mol. The summed E-state index contributed by atoms with van der Waals surface area (Å²) in [6.45, 7) is 1.27. The Morgan fingerprint density at radius 3 is 3.27 bits per heavy atom. The molecule has 0 aliphatic carbocycles. The fraction of sp³-hybridized carbons (Fsp3) is 0.273. The highest BCUT2D eigenvalue weighted by Crippen LogP contribution is 2.15. The molecule has 2 N–H and O–H groups in total. The molecule has 4 nitrogen and oxygen atoms in total. The van der Waals surface area contributed by atoms with Crippen LogP contribution in [0.25, 0.3) is 0 Å². The maximum Gasteiger partial charge on any atom is 0.108 e. The van der Waals surface area contributed by atoms with Gasteiger partial charge in [0.1, 0.15) is 12.5 Å². The first-order chi connectivity index (χ1) is 7.42. The van der Waals surface area contributed by atoms with Crippen LogP contribution in [0.2, 0.25) is 0 Å². The molecule has 15 heavy (non-hydrogen) atoms. The van der Waals surface area contributed by atoms with E-state index in [4.69, 9.17) is 6.42 Å². The van der Waals surface area contributed by atoms with E-state index in [1.807, 2.05) is 12.3 Å². The van der Waals surface area contributed by atoms with Crippen LogP contribution >= 0.6 is 0 Å². The number of hydrogen-bond acceptors (Lipinski definition) is 4. The van der Waals surface area contributed by atoms with Crippen LogP contribution in [0.1, 0.15) is 0 Å². The van der Waals surface area contributed by atoms with Gasteiger partial charge in [0.05, 0.1) is 12.5 Å². The number of allylic oxidation sites excluding steroid dienone is 2. The summed E-state index contributed by atoms with van der Waals surface area (Å²) in [5.41, 5.74) is 0.991. The summed E-state index contributed by atoms with van der Waals surface area (Å²) < 4.78 is 0. The molecule has 2 rings (SSSR count). The van der Waals surface area contributed by atoms with Crippen molar-refractivity contribution >= 4 is 12.4 Å². The molecule has 0 fully saturated rings. The van der Waals surface area contributed by atoms with Crippen molar-refractivity contribution in [2.45, 2.75) is 0 Å². The van der Waals surface area contributed by atoms with E-state index in [1.165, 1.54) is 0 Å². The molecule has 0 saturated carbocycles. The zero-order chi connectivity index (χ0) is 10.5. The Hall–Kier alpha value is -2.02. The van der Waals surface area contributed by atoms with Gasteiger partial charge in [0, 0.05) is 24.2 Å². The van der Waals surface area contributed by atoms with Gasteiger partial charge >= 0.3 is 0 Å². The van der Waals surface area contributed by atoms with Crippen LogP contribution in [0, 0.1) is 18.3 Å². The molecule has 1 atom stereocenters. The Kier molecular flexibility index (Phi) is 2.84. The largest absolute Gasteiger partial charge is 0.367 e. The Labute approximate surface area is 88.9 Å². The monoisotopic (exact) mass is 200 g/mol. The van der Waals surface area contributed by atoms with Crippen molar-refractivity contribution < 1.29 is 0 Å². The number of nitrogens with zero attached hydrogens (tertiary/aromatic N) is 2. The van der Waals surface area contributed by atoms with Crippen molar-refractivity contribution in [3.8, 4) is 12.3 Å². The molecular weight excluding hydrogens is 188 g/mol. The van der Waals surface area contributed by atoms with E-state index in [9.17, 15) is 0 Å². The Morgan fingerprint density at radius 1 is 1.47 bits per heavy atom.